The molecule has 0 atom stereocenters. The summed E-state index contributed by atoms with van der Waals surface area (Å²) in [7, 11) is -3.24. The van der Waals surface area contributed by atoms with Crippen LogP contribution in [0.15, 0.2) is 29.2 Å². The molecule has 0 aliphatic carbocycles. The third-order valence-corrected chi connectivity index (χ3v) is 4.88. The van der Waals surface area contributed by atoms with Gasteiger partial charge in [-0.2, -0.15) is 11.8 Å². The Morgan fingerprint density at radius 1 is 1.25 bits per heavy atom. The lowest BCUT2D eigenvalue weighted by atomic mass is 10.4. The van der Waals surface area contributed by atoms with E-state index in [-0.39, 0.29) is 10.6 Å². The highest BCUT2D eigenvalue weighted by Crippen LogP contribution is 2.13. The summed E-state index contributed by atoms with van der Waals surface area (Å²) in [5.41, 5.74) is 0. The van der Waals surface area contributed by atoms with Crippen LogP contribution in [0.1, 0.15) is 13.3 Å². The van der Waals surface area contributed by atoms with Crippen molar-refractivity contribution in [3.63, 3.8) is 0 Å². The SMILES string of the molecule is CCSCCCS(=O)(=O)c1ccc(F)cc1. The van der Waals surface area contributed by atoms with Crippen LogP contribution in [0, 0.1) is 5.82 Å². The van der Waals surface area contributed by atoms with Crippen molar-refractivity contribution in [2.75, 3.05) is 17.3 Å². The Labute approximate surface area is 100 Å². The fourth-order valence-corrected chi connectivity index (χ4v) is 3.39. The Morgan fingerprint density at radius 3 is 2.44 bits per heavy atom. The lowest BCUT2D eigenvalue weighted by molar-refractivity contribution is 0.593. The molecule has 0 unspecified atom stereocenters. The molecule has 16 heavy (non-hydrogen) atoms. The van der Waals surface area contributed by atoms with Crippen molar-refractivity contribution in [3.8, 4) is 0 Å². The molecule has 1 aromatic carbocycles. The van der Waals surface area contributed by atoms with Gasteiger partial charge in [-0.25, -0.2) is 12.8 Å². The van der Waals surface area contributed by atoms with Gasteiger partial charge in [-0.05, 0) is 42.2 Å². The van der Waals surface area contributed by atoms with E-state index in [0.29, 0.717) is 6.42 Å². The fourth-order valence-electron chi connectivity index (χ4n) is 1.26. The van der Waals surface area contributed by atoms with Crippen LogP contribution in [0.4, 0.5) is 4.39 Å². The highest BCUT2D eigenvalue weighted by molar-refractivity contribution is 7.99. The molecule has 0 aliphatic rings. The van der Waals surface area contributed by atoms with E-state index in [1.54, 1.807) is 11.8 Å². The Bertz CT molecular complexity index is 412. The molecule has 0 N–H and O–H groups in total. The van der Waals surface area contributed by atoms with Crippen molar-refractivity contribution in [1.29, 1.82) is 0 Å². The molecule has 0 amide bonds. The smallest absolute Gasteiger partial charge is 0.178 e. The molecule has 1 aromatic rings. The highest BCUT2D eigenvalue weighted by Gasteiger charge is 2.13. The minimum Gasteiger partial charge on any atom is -0.224 e. The summed E-state index contributed by atoms with van der Waals surface area (Å²) in [6.07, 6.45) is 0.637. The molecule has 1 rings (SSSR count). The van der Waals surface area contributed by atoms with E-state index in [1.165, 1.54) is 24.3 Å². The van der Waals surface area contributed by atoms with Gasteiger partial charge in [0.1, 0.15) is 5.82 Å². The van der Waals surface area contributed by atoms with Crippen LogP contribution >= 0.6 is 11.8 Å². The minimum atomic E-state index is -3.24. The molecule has 0 saturated carbocycles. The van der Waals surface area contributed by atoms with Gasteiger partial charge in [0.05, 0.1) is 10.6 Å². The number of thioether (sulfide) groups is 1. The zero-order chi connectivity index (χ0) is 12.0. The zero-order valence-electron chi connectivity index (χ0n) is 9.15. The molecule has 0 heterocycles. The number of benzene rings is 1. The van der Waals surface area contributed by atoms with Gasteiger partial charge < -0.3 is 0 Å². The summed E-state index contributed by atoms with van der Waals surface area (Å²) in [6, 6.07) is 4.98. The first kappa shape index (κ1) is 13.5. The van der Waals surface area contributed by atoms with Crippen molar-refractivity contribution in [1.82, 2.24) is 0 Å². The lowest BCUT2D eigenvalue weighted by Gasteiger charge is -2.03. The van der Waals surface area contributed by atoms with Gasteiger partial charge in [0.25, 0.3) is 0 Å². The number of hydrogen-bond donors (Lipinski definition) is 0. The average molecular weight is 262 g/mol. The molecular formula is C11H15FO2S2. The van der Waals surface area contributed by atoms with Crippen LogP contribution in [-0.4, -0.2) is 25.7 Å². The van der Waals surface area contributed by atoms with Crippen molar-refractivity contribution in [3.05, 3.63) is 30.1 Å². The molecule has 0 aromatic heterocycles. The van der Waals surface area contributed by atoms with Gasteiger partial charge in [-0.3, -0.25) is 0 Å². The third kappa shape index (κ3) is 4.14. The number of hydrogen-bond acceptors (Lipinski definition) is 3. The van der Waals surface area contributed by atoms with E-state index >= 15 is 0 Å². The predicted molar refractivity (Wildman–Crippen MR) is 66.1 cm³/mol. The Morgan fingerprint density at radius 2 is 1.88 bits per heavy atom. The Hall–Kier alpha value is -0.550. The quantitative estimate of drug-likeness (QED) is 0.584. The van der Waals surface area contributed by atoms with Crippen LogP contribution in [0.5, 0.6) is 0 Å². The van der Waals surface area contributed by atoms with E-state index in [4.69, 9.17) is 0 Å². The third-order valence-electron chi connectivity index (χ3n) is 2.08. The number of sulfone groups is 1. The fraction of sp³-hybridized carbons (Fsp3) is 0.455. The van der Waals surface area contributed by atoms with Gasteiger partial charge in [-0.1, -0.05) is 6.92 Å². The maximum Gasteiger partial charge on any atom is 0.178 e. The maximum absolute atomic E-state index is 12.6. The van der Waals surface area contributed by atoms with Crippen LogP contribution in [0.25, 0.3) is 0 Å². The second-order valence-corrected chi connectivity index (χ2v) is 6.83. The minimum absolute atomic E-state index is 0.131. The van der Waals surface area contributed by atoms with E-state index in [0.717, 1.165) is 11.5 Å². The molecule has 0 fully saturated rings. The molecule has 0 radical (unpaired) electrons. The topological polar surface area (TPSA) is 34.1 Å². The second kappa shape index (κ2) is 6.25. The van der Waals surface area contributed by atoms with Gasteiger partial charge in [0, 0.05) is 0 Å². The Balaban J connectivity index is 2.60. The molecule has 0 saturated heterocycles. The van der Waals surface area contributed by atoms with Gasteiger partial charge in [0.15, 0.2) is 9.84 Å². The molecule has 2 nitrogen and oxygen atoms in total. The number of rotatable bonds is 6. The summed E-state index contributed by atoms with van der Waals surface area (Å²) in [4.78, 5) is 0.204. The highest BCUT2D eigenvalue weighted by atomic mass is 32.2. The lowest BCUT2D eigenvalue weighted by Crippen LogP contribution is -2.07. The Kier molecular flexibility index (Phi) is 5.28. The average Bonchev–Trinajstić information content (AvgIpc) is 2.25. The number of halogens is 1. The monoisotopic (exact) mass is 262 g/mol. The molecular weight excluding hydrogens is 247 g/mol. The maximum atomic E-state index is 12.6. The first-order valence-electron chi connectivity index (χ1n) is 5.12. The van der Waals surface area contributed by atoms with Gasteiger partial charge in [-0.15, -0.1) is 0 Å². The van der Waals surface area contributed by atoms with Crippen molar-refractivity contribution in [2.24, 2.45) is 0 Å². The molecule has 0 aliphatic heterocycles. The first-order chi connectivity index (χ1) is 7.56. The summed E-state index contributed by atoms with van der Waals surface area (Å²) >= 11 is 1.72. The summed E-state index contributed by atoms with van der Waals surface area (Å²) in [5, 5.41) is 0. The molecule has 0 bridgehead atoms. The summed E-state index contributed by atoms with van der Waals surface area (Å²) in [5.74, 6) is 1.56. The summed E-state index contributed by atoms with van der Waals surface area (Å²) < 4.78 is 36.2. The van der Waals surface area contributed by atoms with Gasteiger partial charge in [0.2, 0.25) is 0 Å². The molecule has 5 heteroatoms. The first-order valence-corrected chi connectivity index (χ1v) is 7.93. The predicted octanol–water partition coefficient (Wildman–Crippen LogP) is 2.74. The van der Waals surface area contributed by atoms with Crippen molar-refractivity contribution < 1.29 is 12.8 Å². The van der Waals surface area contributed by atoms with Crippen molar-refractivity contribution >= 4 is 21.6 Å². The van der Waals surface area contributed by atoms with Crippen LogP contribution in [0.3, 0.4) is 0 Å². The zero-order valence-corrected chi connectivity index (χ0v) is 10.8. The second-order valence-electron chi connectivity index (χ2n) is 3.32. The van der Waals surface area contributed by atoms with Crippen LogP contribution in [-0.2, 0) is 9.84 Å². The van der Waals surface area contributed by atoms with E-state index in [9.17, 15) is 12.8 Å². The molecule has 0 spiro atoms. The van der Waals surface area contributed by atoms with Crippen LogP contribution in [0.2, 0.25) is 0 Å². The molecule has 90 valence electrons. The summed E-state index contributed by atoms with van der Waals surface area (Å²) in [6.45, 7) is 2.04. The normalized spacial score (nSPS) is 11.6. The standard InChI is InChI=1S/C11H15FO2S2/c1-2-15-8-3-9-16(13,14)11-6-4-10(12)5-7-11/h4-7H,2-3,8-9H2,1H3. The van der Waals surface area contributed by atoms with Gasteiger partial charge >= 0.3 is 0 Å². The largest absolute Gasteiger partial charge is 0.224 e. The van der Waals surface area contributed by atoms with E-state index < -0.39 is 15.7 Å². The van der Waals surface area contributed by atoms with E-state index in [1.807, 2.05) is 6.92 Å². The van der Waals surface area contributed by atoms with Crippen molar-refractivity contribution in [2.45, 2.75) is 18.2 Å². The van der Waals surface area contributed by atoms with Crippen LogP contribution < -0.4 is 0 Å². The van der Waals surface area contributed by atoms with E-state index in [2.05, 4.69) is 0 Å².